The van der Waals surface area contributed by atoms with Gasteiger partial charge in [0.1, 0.15) is 5.75 Å². The molecule has 2 heteroatoms. The Hall–Kier alpha value is -1.02. The number of nitrogens with two attached hydrogens (primary N) is 1. The predicted octanol–water partition coefficient (Wildman–Crippen LogP) is 3.32. The van der Waals surface area contributed by atoms with E-state index in [2.05, 4.69) is 32.0 Å². The lowest BCUT2D eigenvalue weighted by atomic mass is 9.79. The van der Waals surface area contributed by atoms with Crippen molar-refractivity contribution in [2.24, 2.45) is 11.7 Å². The summed E-state index contributed by atoms with van der Waals surface area (Å²) in [5.41, 5.74) is 7.78. The normalized spacial score (nSPS) is 20.8. The molecule has 1 aliphatic rings. The van der Waals surface area contributed by atoms with Crippen LogP contribution in [0.1, 0.15) is 44.6 Å². The topological polar surface area (TPSA) is 35.2 Å². The summed E-state index contributed by atoms with van der Waals surface area (Å²) in [6.45, 7) is 5.27. The third-order valence-electron chi connectivity index (χ3n) is 4.06. The summed E-state index contributed by atoms with van der Waals surface area (Å²) < 4.78 is 5.70. The van der Waals surface area contributed by atoms with Crippen molar-refractivity contribution in [1.29, 1.82) is 0 Å². The van der Waals surface area contributed by atoms with E-state index >= 15 is 0 Å². The fourth-order valence-electron chi connectivity index (χ4n) is 2.93. The van der Waals surface area contributed by atoms with E-state index in [0.717, 1.165) is 31.6 Å². The molecular formula is C15H23NO. The van der Waals surface area contributed by atoms with Gasteiger partial charge in [0, 0.05) is 12.0 Å². The van der Waals surface area contributed by atoms with Crippen molar-refractivity contribution >= 4 is 0 Å². The van der Waals surface area contributed by atoms with Gasteiger partial charge >= 0.3 is 0 Å². The Bertz CT molecular complexity index is 360. The number of ether oxygens (including phenoxy) is 1. The van der Waals surface area contributed by atoms with E-state index < -0.39 is 0 Å². The average molecular weight is 233 g/mol. The van der Waals surface area contributed by atoms with Crippen LogP contribution < -0.4 is 10.5 Å². The Labute approximate surface area is 104 Å². The van der Waals surface area contributed by atoms with Crippen LogP contribution in [0.3, 0.4) is 0 Å². The summed E-state index contributed by atoms with van der Waals surface area (Å²) in [7, 11) is 0. The molecule has 0 saturated heterocycles. The van der Waals surface area contributed by atoms with Gasteiger partial charge in [0.05, 0.1) is 6.61 Å². The molecule has 2 N–H and O–H groups in total. The minimum absolute atomic E-state index is 0.259. The fourth-order valence-corrected chi connectivity index (χ4v) is 2.93. The van der Waals surface area contributed by atoms with Crippen LogP contribution in [0.5, 0.6) is 5.75 Å². The van der Waals surface area contributed by atoms with Gasteiger partial charge in [0.2, 0.25) is 0 Å². The van der Waals surface area contributed by atoms with Gasteiger partial charge in [-0.3, -0.25) is 0 Å². The van der Waals surface area contributed by atoms with E-state index in [4.69, 9.17) is 10.5 Å². The van der Waals surface area contributed by atoms with Gasteiger partial charge in [0.25, 0.3) is 0 Å². The molecule has 1 aromatic rings. The molecule has 0 saturated carbocycles. The third-order valence-corrected chi connectivity index (χ3v) is 4.06. The second-order valence-electron chi connectivity index (χ2n) is 4.94. The zero-order chi connectivity index (χ0) is 12.3. The summed E-state index contributed by atoms with van der Waals surface area (Å²) in [6.07, 6.45) is 3.38. The number of hydrogen-bond donors (Lipinski definition) is 1. The van der Waals surface area contributed by atoms with Crippen LogP contribution in [-0.2, 0) is 0 Å². The number of rotatable bonds is 4. The maximum Gasteiger partial charge on any atom is 0.122 e. The molecule has 0 aromatic heterocycles. The Kier molecular flexibility index (Phi) is 4.06. The van der Waals surface area contributed by atoms with Crippen molar-refractivity contribution in [1.82, 2.24) is 0 Å². The summed E-state index contributed by atoms with van der Waals surface area (Å²) in [5, 5.41) is 0. The quantitative estimate of drug-likeness (QED) is 0.866. The minimum atomic E-state index is 0.259. The molecule has 0 radical (unpaired) electrons. The lowest BCUT2D eigenvalue weighted by Crippen LogP contribution is -2.38. The van der Waals surface area contributed by atoms with E-state index in [1.54, 1.807) is 0 Å². The van der Waals surface area contributed by atoms with Gasteiger partial charge in [-0.05, 0) is 24.0 Å². The zero-order valence-corrected chi connectivity index (χ0v) is 10.9. The highest BCUT2D eigenvalue weighted by molar-refractivity contribution is 5.38. The summed E-state index contributed by atoms with van der Waals surface area (Å²) in [4.78, 5) is 0. The zero-order valence-electron chi connectivity index (χ0n) is 10.9. The molecule has 94 valence electrons. The highest BCUT2D eigenvalue weighted by Gasteiger charge is 2.29. The number of benzene rings is 1. The Balaban J connectivity index is 2.23. The summed E-state index contributed by atoms with van der Waals surface area (Å²) in [6, 6.07) is 8.60. The van der Waals surface area contributed by atoms with Crippen LogP contribution in [0.15, 0.2) is 24.3 Å². The molecule has 0 spiro atoms. The molecule has 1 aromatic carbocycles. The van der Waals surface area contributed by atoms with Gasteiger partial charge in [-0.25, -0.2) is 0 Å². The largest absolute Gasteiger partial charge is 0.493 e. The Morgan fingerprint density at radius 1 is 1.29 bits per heavy atom. The van der Waals surface area contributed by atoms with Crippen LogP contribution >= 0.6 is 0 Å². The molecule has 2 nitrogen and oxygen atoms in total. The summed E-state index contributed by atoms with van der Waals surface area (Å²) in [5.74, 6) is 2.11. The van der Waals surface area contributed by atoms with Crippen molar-refractivity contribution in [2.45, 2.75) is 45.1 Å². The minimum Gasteiger partial charge on any atom is -0.493 e. The number of para-hydroxylation sites is 1. The SMILES string of the molecule is CCC(CC)C(N)C1CCOc2ccccc21. The highest BCUT2D eigenvalue weighted by atomic mass is 16.5. The van der Waals surface area contributed by atoms with Gasteiger partial charge in [-0.1, -0.05) is 44.9 Å². The van der Waals surface area contributed by atoms with Crippen molar-refractivity contribution < 1.29 is 4.74 Å². The first kappa shape index (κ1) is 12.4. The van der Waals surface area contributed by atoms with E-state index in [1.807, 2.05) is 6.07 Å². The molecule has 0 bridgehead atoms. The van der Waals surface area contributed by atoms with E-state index in [-0.39, 0.29) is 6.04 Å². The fraction of sp³-hybridized carbons (Fsp3) is 0.600. The van der Waals surface area contributed by atoms with Crippen molar-refractivity contribution in [3.8, 4) is 5.75 Å². The first-order valence-electron chi connectivity index (χ1n) is 6.75. The molecule has 0 fully saturated rings. The van der Waals surface area contributed by atoms with Gasteiger partial charge in [-0.15, -0.1) is 0 Å². The average Bonchev–Trinajstić information content (AvgIpc) is 2.39. The standard InChI is InChI=1S/C15H23NO/c1-3-11(4-2)15(16)13-9-10-17-14-8-6-5-7-12(13)14/h5-8,11,13,15H,3-4,9-10,16H2,1-2H3. The maximum absolute atomic E-state index is 6.47. The second kappa shape index (κ2) is 5.54. The first-order chi connectivity index (χ1) is 8.27. The Morgan fingerprint density at radius 3 is 2.71 bits per heavy atom. The molecule has 0 aliphatic carbocycles. The van der Waals surface area contributed by atoms with Gasteiger partial charge in [0.15, 0.2) is 0 Å². The maximum atomic E-state index is 6.47. The Morgan fingerprint density at radius 2 is 2.00 bits per heavy atom. The van der Waals surface area contributed by atoms with Crippen molar-refractivity contribution in [3.63, 3.8) is 0 Å². The second-order valence-corrected chi connectivity index (χ2v) is 4.94. The molecule has 2 unspecified atom stereocenters. The van der Waals surface area contributed by atoms with Crippen molar-refractivity contribution in [2.75, 3.05) is 6.61 Å². The third kappa shape index (κ3) is 2.47. The molecule has 2 rings (SSSR count). The lowest BCUT2D eigenvalue weighted by molar-refractivity contribution is 0.232. The van der Waals surface area contributed by atoms with Crippen LogP contribution in [-0.4, -0.2) is 12.6 Å². The van der Waals surface area contributed by atoms with Crippen LogP contribution in [0.2, 0.25) is 0 Å². The molecule has 1 heterocycles. The van der Waals surface area contributed by atoms with E-state index in [9.17, 15) is 0 Å². The van der Waals surface area contributed by atoms with Crippen LogP contribution in [0.25, 0.3) is 0 Å². The van der Waals surface area contributed by atoms with Crippen LogP contribution in [0.4, 0.5) is 0 Å². The smallest absolute Gasteiger partial charge is 0.122 e. The molecule has 17 heavy (non-hydrogen) atoms. The van der Waals surface area contributed by atoms with Gasteiger partial charge in [-0.2, -0.15) is 0 Å². The number of hydrogen-bond acceptors (Lipinski definition) is 2. The van der Waals surface area contributed by atoms with Gasteiger partial charge < -0.3 is 10.5 Å². The number of fused-ring (bicyclic) bond motifs is 1. The molecule has 1 aliphatic heterocycles. The molecular weight excluding hydrogens is 210 g/mol. The first-order valence-corrected chi connectivity index (χ1v) is 6.75. The van der Waals surface area contributed by atoms with Crippen molar-refractivity contribution in [3.05, 3.63) is 29.8 Å². The monoisotopic (exact) mass is 233 g/mol. The summed E-state index contributed by atoms with van der Waals surface area (Å²) >= 11 is 0. The lowest BCUT2D eigenvalue weighted by Gasteiger charge is -2.34. The van der Waals surface area contributed by atoms with Crippen LogP contribution in [0, 0.1) is 5.92 Å². The van der Waals surface area contributed by atoms with E-state index in [1.165, 1.54) is 5.56 Å². The predicted molar refractivity (Wildman–Crippen MR) is 71.3 cm³/mol. The molecule has 2 atom stereocenters. The van der Waals surface area contributed by atoms with E-state index in [0.29, 0.717) is 11.8 Å². The molecule has 0 amide bonds. The highest BCUT2D eigenvalue weighted by Crippen LogP contribution is 2.37.